The minimum Gasteiger partial charge on any atom is -0.320 e. The average molecular weight is 400 g/mol. The summed E-state index contributed by atoms with van der Waals surface area (Å²) in [5, 5.41) is 4.13. The van der Waals surface area contributed by atoms with E-state index in [0.29, 0.717) is 0 Å². The molecule has 1 heterocycles. The number of nitrogens with two attached hydrogens (primary N) is 1. The van der Waals surface area contributed by atoms with E-state index in [0.717, 1.165) is 19.7 Å². The van der Waals surface area contributed by atoms with Gasteiger partial charge in [-0.15, -0.1) is 11.3 Å². The molecule has 0 aliphatic rings. The third kappa shape index (κ3) is 2.52. The summed E-state index contributed by atoms with van der Waals surface area (Å²) in [6, 6.07) is 14.2. The van der Waals surface area contributed by atoms with Crippen LogP contribution in [0.3, 0.4) is 0 Å². The van der Waals surface area contributed by atoms with Crippen molar-refractivity contribution in [1.82, 2.24) is 0 Å². The number of hydrogen-bond acceptors (Lipinski definition) is 2. The van der Waals surface area contributed by atoms with Gasteiger partial charge in [-0.25, -0.2) is 0 Å². The third-order valence-corrected chi connectivity index (χ3v) is 5.70. The van der Waals surface area contributed by atoms with Crippen LogP contribution in [0.2, 0.25) is 5.02 Å². The van der Waals surface area contributed by atoms with Crippen LogP contribution in [0.5, 0.6) is 0 Å². The Bertz CT molecular complexity index is 738. The van der Waals surface area contributed by atoms with Gasteiger partial charge in [0.05, 0.1) is 11.1 Å². The van der Waals surface area contributed by atoms with E-state index in [1.54, 1.807) is 11.3 Å². The molecule has 0 spiro atoms. The van der Waals surface area contributed by atoms with Crippen LogP contribution in [0.15, 0.2) is 47.8 Å². The van der Waals surface area contributed by atoms with Gasteiger partial charge in [0.2, 0.25) is 0 Å². The SMILES string of the molecule is NC(c1ccc(I)c(Cl)c1)c1csc2ccccc12. The molecule has 2 aromatic carbocycles. The summed E-state index contributed by atoms with van der Waals surface area (Å²) in [7, 11) is 0. The highest BCUT2D eigenvalue weighted by atomic mass is 127. The maximum absolute atomic E-state index is 6.39. The van der Waals surface area contributed by atoms with E-state index < -0.39 is 0 Å². The second-order valence-corrected chi connectivity index (χ2v) is 6.82. The predicted molar refractivity (Wildman–Crippen MR) is 92.0 cm³/mol. The fraction of sp³-hybridized carbons (Fsp3) is 0.0667. The molecule has 1 unspecified atom stereocenters. The number of thiophene rings is 1. The normalized spacial score (nSPS) is 12.8. The quantitative estimate of drug-likeness (QED) is 0.588. The molecule has 19 heavy (non-hydrogen) atoms. The fourth-order valence-corrected chi connectivity index (χ4v) is 3.65. The van der Waals surface area contributed by atoms with E-state index in [2.05, 4.69) is 46.2 Å². The predicted octanol–water partition coefficient (Wildman–Crippen LogP) is 5.21. The molecule has 3 aromatic rings. The number of fused-ring (bicyclic) bond motifs is 1. The molecule has 0 bridgehead atoms. The fourth-order valence-electron chi connectivity index (χ4n) is 2.12. The Morgan fingerprint density at radius 1 is 1.16 bits per heavy atom. The molecule has 96 valence electrons. The Labute approximate surface area is 134 Å². The van der Waals surface area contributed by atoms with Gasteiger partial charge in [0, 0.05) is 8.27 Å². The first-order valence-corrected chi connectivity index (χ1v) is 8.17. The van der Waals surface area contributed by atoms with Gasteiger partial charge in [-0.2, -0.15) is 0 Å². The van der Waals surface area contributed by atoms with Crippen molar-refractivity contribution in [1.29, 1.82) is 0 Å². The molecule has 3 rings (SSSR count). The first-order valence-electron chi connectivity index (χ1n) is 5.83. The summed E-state index contributed by atoms with van der Waals surface area (Å²) < 4.78 is 2.31. The molecule has 0 saturated carbocycles. The van der Waals surface area contributed by atoms with E-state index in [1.165, 1.54) is 10.1 Å². The van der Waals surface area contributed by atoms with Gasteiger partial charge < -0.3 is 5.73 Å². The van der Waals surface area contributed by atoms with Crippen LogP contribution in [-0.4, -0.2) is 0 Å². The standard InChI is InChI=1S/C15H11ClINS/c16-12-7-9(5-6-13(12)17)15(18)11-8-19-14-4-2-1-3-10(11)14/h1-8,15H,18H2. The van der Waals surface area contributed by atoms with Crippen LogP contribution in [0.25, 0.3) is 10.1 Å². The van der Waals surface area contributed by atoms with Crippen molar-refractivity contribution in [2.45, 2.75) is 6.04 Å². The van der Waals surface area contributed by atoms with Crippen LogP contribution in [0.1, 0.15) is 17.2 Å². The van der Waals surface area contributed by atoms with E-state index in [9.17, 15) is 0 Å². The van der Waals surface area contributed by atoms with Gasteiger partial charge in [0.15, 0.2) is 0 Å². The second kappa shape index (κ2) is 5.40. The highest BCUT2D eigenvalue weighted by Crippen LogP contribution is 2.33. The zero-order chi connectivity index (χ0) is 13.4. The van der Waals surface area contributed by atoms with Crippen LogP contribution < -0.4 is 5.73 Å². The zero-order valence-corrected chi connectivity index (χ0v) is 13.7. The summed E-state index contributed by atoms with van der Waals surface area (Å²) in [5.41, 5.74) is 8.61. The Hall–Kier alpha value is -0.620. The molecule has 0 radical (unpaired) electrons. The molecular formula is C15H11ClINS. The van der Waals surface area contributed by atoms with Crippen LogP contribution in [-0.2, 0) is 0 Å². The number of halogens is 2. The third-order valence-electron chi connectivity index (χ3n) is 3.15. The van der Waals surface area contributed by atoms with Crippen molar-refractivity contribution in [2.75, 3.05) is 0 Å². The van der Waals surface area contributed by atoms with E-state index in [4.69, 9.17) is 17.3 Å². The van der Waals surface area contributed by atoms with Gasteiger partial charge >= 0.3 is 0 Å². The monoisotopic (exact) mass is 399 g/mol. The maximum Gasteiger partial charge on any atom is 0.0566 e. The molecule has 2 N–H and O–H groups in total. The first-order chi connectivity index (χ1) is 9.16. The molecule has 0 aliphatic carbocycles. The van der Waals surface area contributed by atoms with Crippen LogP contribution in [0.4, 0.5) is 0 Å². The van der Waals surface area contributed by atoms with Crippen LogP contribution >= 0.6 is 45.5 Å². The smallest absolute Gasteiger partial charge is 0.0566 e. The van der Waals surface area contributed by atoms with Crippen molar-refractivity contribution in [3.63, 3.8) is 0 Å². The Morgan fingerprint density at radius 2 is 1.95 bits per heavy atom. The average Bonchev–Trinajstić information content (AvgIpc) is 2.85. The lowest BCUT2D eigenvalue weighted by molar-refractivity contribution is 0.884. The highest BCUT2D eigenvalue weighted by Gasteiger charge is 2.14. The summed E-state index contributed by atoms with van der Waals surface area (Å²) >= 11 is 10.1. The van der Waals surface area contributed by atoms with Crippen molar-refractivity contribution < 1.29 is 0 Å². The summed E-state index contributed by atoms with van der Waals surface area (Å²) in [5.74, 6) is 0. The van der Waals surface area contributed by atoms with E-state index in [1.807, 2.05) is 24.3 Å². The molecule has 0 saturated heterocycles. The van der Waals surface area contributed by atoms with Gasteiger partial charge in [-0.3, -0.25) is 0 Å². The first kappa shape index (κ1) is 13.4. The van der Waals surface area contributed by atoms with E-state index >= 15 is 0 Å². The summed E-state index contributed by atoms with van der Waals surface area (Å²) in [4.78, 5) is 0. The van der Waals surface area contributed by atoms with Gasteiger partial charge in [-0.05, 0) is 62.7 Å². The van der Waals surface area contributed by atoms with E-state index in [-0.39, 0.29) is 6.04 Å². The number of rotatable bonds is 2. The summed E-state index contributed by atoms with van der Waals surface area (Å²) in [6.45, 7) is 0. The lowest BCUT2D eigenvalue weighted by atomic mass is 9.99. The van der Waals surface area contributed by atoms with Gasteiger partial charge in [-0.1, -0.05) is 35.9 Å². The minimum atomic E-state index is -0.134. The molecule has 0 amide bonds. The molecule has 0 aliphatic heterocycles. The number of benzene rings is 2. The Morgan fingerprint density at radius 3 is 2.74 bits per heavy atom. The highest BCUT2D eigenvalue weighted by molar-refractivity contribution is 14.1. The lowest BCUT2D eigenvalue weighted by Gasteiger charge is -2.12. The molecule has 1 aromatic heterocycles. The number of hydrogen-bond donors (Lipinski definition) is 1. The maximum atomic E-state index is 6.39. The van der Waals surface area contributed by atoms with Crippen molar-refractivity contribution in [3.8, 4) is 0 Å². The Balaban J connectivity index is 2.08. The van der Waals surface area contributed by atoms with Crippen molar-refractivity contribution >= 4 is 55.6 Å². The molecule has 0 fully saturated rings. The molecule has 4 heteroatoms. The molecule has 1 atom stereocenters. The lowest BCUT2D eigenvalue weighted by Crippen LogP contribution is -2.11. The van der Waals surface area contributed by atoms with Crippen molar-refractivity contribution in [3.05, 3.63) is 67.6 Å². The molecule has 1 nitrogen and oxygen atoms in total. The van der Waals surface area contributed by atoms with Gasteiger partial charge in [0.25, 0.3) is 0 Å². The minimum absolute atomic E-state index is 0.134. The van der Waals surface area contributed by atoms with Crippen LogP contribution in [0, 0.1) is 3.57 Å². The molecular weight excluding hydrogens is 389 g/mol. The van der Waals surface area contributed by atoms with Gasteiger partial charge in [0.1, 0.15) is 0 Å². The Kier molecular flexibility index (Phi) is 3.80. The second-order valence-electron chi connectivity index (χ2n) is 4.34. The summed E-state index contributed by atoms with van der Waals surface area (Å²) in [6.07, 6.45) is 0. The zero-order valence-electron chi connectivity index (χ0n) is 9.94. The van der Waals surface area contributed by atoms with Crippen molar-refractivity contribution in [2.24, 2.45) is 5.73 Å². The largest absolute Gasteiger partial charge is 0.320 e. The topological polar surface area (TPSA) is 26.0 Å².